The van der Waals surface area contributed by atoms with E-state index in [4.69, 9.17) is 23.5 Å². The average Bonchev–Trinajstić information content (AvgIpc) is 2.77. The van der Waals surface area contributed by atoms with E-state index < -0.39 is 71.2 Å². The summed E-state index contributed by atoms with van der Waals surface area (Å²) in [5, 5.41) is 29.9. The highest BCUT2D eigenvalue weighted by Crippen LogP contribution is 2.23. The Labute approximate surface area is 206 Å². The van der Waals surface area contributed by atoms with Crippen molar-refractivity contribution in [3.8, 4) is 0 Å². The molecule has 0 saturated carbocycles. The van der Waals surface area contributed by atoms with Gasteiger partial charge in [-0.05, 0) is 6.42 Å². The lowest BCUT2D eigenvalue weighted by Crippen LogP contribution is -2.60. The molecule has 0 aromatic heterocycles. The number of esters is 2. The molecular weight excluding hydrogens is 488 g/mol. The molecule has 1 saturated heterocycles. The van der Waals surface area contributed by atoms with Crippen LogP contribution in [0.15, 0.2) is 0 Å². The summed E-state index contributed by atoms with van der Waals surface area (Å²) in [5.41, 5.74) is 0. The zero-order chi connectivity index (χ0) is 26.4. The van der Waals surface area contributed by atoms with Gasteiger partial charge in [-0.1, -0.05) is 51.9 Å². The van der Waals surface area contributed by atoms with Gasteiger partial charge in [-0.25, -0.2) is 0 Å². The van der Waals surface area contributed by atoms with Crippen molar-refractivity contribution in [3.05, 3.63) is 0 Å². The van der Waals surface area contributed by atoms with Crippen LogP contribution in [0.4, 0.5) is 0 Å². The van der Waals surface area contributed by atoms with Gasteiger partial charge in [0.2, 0.25) is 0 Å². The van der Waals surface area contributed by atoms with Crippen molar-refractivity contribution in [2.75, 3.05) is 19.0 Å². The molecule has 13 heteroatoms. The van der Waals surface area contributed by atoms with E-state index in [1.54, 1.807) is 0 Å². The number of aliphatic hydroxyl groups is 3. The standard InChI is InChI=1S/C22H40O12S/c1-3-4-5-6-7-8-9-10-11-18(24)31-12-16(33-15(2)23)13-32-22-21(27)20(26)19(25)17(34-22)14-35(28,29)30/h16-17,19-22,25-27H,3-14H2,1-2H3,(H,28,29,30)/t16-,17-,19-,20+,21-,22-/m1/s1. The molecule has 0 unspecified atom stereocenters. The predicted octanol–water partition coefficient (Wildman–Crippen LogP) is 0.704. The van der Waals surface area contributed by atoms with Gasteiger partial charge in [-0.15, -0.1) is 0 Å². The van der Waals surface area contributed by atoms with Crippen LogP contribution in [-0.4, -0.2) is 96.0 Å². The van der Waals surface area contributed by atoms with Gasteiger partial charge in [0.1, 0.15) is 36.8 Å². The van der Waals surface area contributed by atoms with Gasteiger partial charge < -0.3 is 34.3 Å². The second kappa shape index (κ2) is 16.4. The molecule has 0 aromatic carbocycles. The van der Waals surface area contributed by atoms with E-state index >= 15 is 0 Å². The highest BCUT2D eigenvalue weighted by Gasteiger charge is 2.45. The van der Waals surface area contributed by atoms with E-state index in [1.807, 2.05) is 0 Å². The average molecular weight is 529 g/mol. The largest absolute Gasteiger partial charge is 0.462 e. The first kappa shape index (κ1) is 31.7. The Morgan fingerprint density at radius 2 is 1.51 bits per heavy atom. The molecular formula is C22H40O12S. The van der Waals surface area contributed by atoms with E-state index in [0.29, 0.717) is 6.42 Å². The topological polar surface area (TPSA) is 186 Å². The molecule has 0 aliphatic carbocycles. The van der Waals surface area contributed by atoms with Crippen LogP contribution < -0.4 is 0 Å². The van der Waals surface area contributed by atoms with Gasteiger partial charge in [0.25, 0.3) is 10.1 Å². The van der Waals surface area contributed by atoms with Crippen LogP contribution in [0, 0.1) is 0 Å². The van der Waals surface area contributed by atoms with Crippen molar-refractivity contribution in [2.45, 2.75) is 108 Å². The minimum Gasteiger partial charge on any atom is -0.462 e. The molecule has 12 nitrogen and oxygen atoms in total. The summed E-state index contributed by atoms with van der Waals surface area (Å²) in [6.07, 6.45) is -0.798. The van der Waals surface area contributed by atoms with Gasteiger partial charge in [0.15, 0.2) is 12.4 Å². The Morgan fingerprint density at radius 1 is 0.914 bits per heavy atom. The fourth-order valence-corrected chi connectivity index (χ4v) is 4.30. The third kappa shape index (κ3) is 13.5. The Balaban J connectivity index is 2.47. The number of hydrogen-bond donors (Lipinski definition) is 4. The summed E-state index contributed by atoms with van der Waals surface area (Å²) in [7, 11) is -4.56. The van der Waals surface area contributed by atoms with Gasteiger partial charge in [-0.3, -0.25) is 14.1 Å². The zero-order valence-electron chi connectivity index (χ0n) is 20.4. The lowest BCUT2D eigenvalue weighted by molar-refractivity contribution is -0.297. The summed E-state index contributed by atoms with van der Waals surface area (Å²) >= 11 is 0. The maximum absolute atomic E-state index is 12.0. The van der Waals surface area contributed by atoms with E-state index in [1.165, 1.54) is 25.7 Å². The Bertz CT molecular complexity index is 728. The van der Waals surface area contributed by atoms with E-state index in [2.05, 4.69) is 6.92 Å². The van der Waals surface area contributed by atoms with Gasteiger partial charge in [0.05, 0.1) is 6.61 Å². The van der Waals surface area contributed by atoms with Crippen LogP contribution in [0.5, 0.6) is 0 Å². The molecule has 35 heavy (non-hydrogen) atoms. The molecule has 0 aromatic rings. The van der Waals surface area contributed by atoms with E-state index in [0.717, 1.165) is 26.2 Å². The lowest BCUT2D eigenvalue weighted by Gasteiger charge is -2.40. The van der Waals surface area contributed by atoms with Crippen molar-refractivity contribution >= 4 is 22.1 Å². The van der Waals surface area contributed by atoms with Gasteiger partial charge in [-0.2, -0.15) is 8.42 Å². The molecule has 4 N–H and O–H groups in total. The number of hydrogen-bond acceptors (Lipinski definition) is 11. The molecule has 0 spiro atoms. The normalized spacial score (nSPS) is 25.7. The first-order valence-corrected chi connectivity index (χ1v) is 13.6. The second-order valence-electron chi connectivity index (χ2n) is 8.74. The summed E-state index contributed by atoms with van der Waals surface area (Å²) in [6.45, 7) is 2.56. The molecule has 0 radical (unpaired) electrons. The van der Waals surface area contributed by atoms with E-state index in [-0.39, 0.29) is 13.0 Å². The minimum atomic E-state index is -4.56. The summed E-state index contributed by atoms with van der Waals surface area (Å²) in [5.74, 6) is -2.18. The van der Waals surface area contributed by atoms with Crippen molar-refractivity contribution in [1.29, 1.82) is 0 Å². The van der Waals surface area contributed by atoms with Crippen LogP contribution in [0.25, 0.3) is 0 Å². The SMILES string of the molecule is CCCCCCCCCCC(=O)OC[C@H](CO[C@@H]1O[C@H](CS(=O)(=O)O)[C@@H](O)[C@H](O)[C@H]1O)OC(C)=O. The predicted molar refractivity (Wildman–Crippen MR) is 123 cm³/mol. The Morgan fingerprint density at radius 3 is 2.09 bits per heavy atom. The van der Waals surface area contributed by atoms with Crippen molar-refractivity contribution < 1.29 is 56.8 Å². The molecule has 1 fully saturated rings. The Hall–Kier alpha value is -1.35. The van der Waals surface area contributed by atoms with Crippen LogP contribution in [0.2, 0.25) is 0 Å². The van der Waals surface area contributed by atoms with E-state index in [9.17, 15) is 33.3 Å². The molecule has 1 heterocycles. The highest BCUT2D eigenvalue weighted by molar-refractivity contribution is 7.85. The third-order valence-corrected chi connectivity index (χ3v) is 6.24. The molecule has 0 bridgehead atoms. The first-order valence-electron chi connectivity index (χ1n) is 12.0. The third-order valence-electron chi connectivity index (χ3n) is 5.49. The zero-order valence-corrected chi connectivity index (χ0v) is 21.2. The summed E-state index contributed by atoms with van der Waals surface area (Å²) in [6, 6.07) is 0. The van der Waals surface area contributed by atoms with Crippen molar-refractivity contribution in [3.63, 3.8) is 0 Å². The van der Waals surface area contributed by atoms with Gasteiger partial charge in [0, 0.05) is 13.3 Å². The molecule has 1 aliphatic heterocycles. The summed E-state index contributed by atoms with van der Waals surface area (Å²) < 4.78 is 51.9. The molecule has 6 atom stereocenters. The Kier molecular flexibility index (Phi) is 14.8. The number of ether oxygens (including phenoxy) is 4. The highest BCUT2D eigenvalue weighted by atomic mass is 32.2. The number of carbonyl (C=O) groups is 2. The van der Waals surface area contributed by atoms with Crippen LogP contribution >= 0.6 is 0 Å². The minimum absolute atomic E-state index is 0.217. The monoisotopic (exact) mass is 528 g/mol. The quantitative estimate of drug-likeness (QED) is 0.118. The number of unbranched alkanes of at least 4 members (excludes halogenated alkanes) is 7. The fraction of sp³-hybridized carbons (Fsp3) is 0.909. The maximum Gasteiger partial charge on any atom is 0.305 e. The maximum atomic E-state index is 12.0. The fourth-order valence-electron chi connectivity index (χ4n) is 3.61. The van der Waals surface area contributed by atoms with Crippen LogP contribution in [0.3, 0.4) is 0 Å². The molecule has 1 aliphatic rings. The van der Waals surface area contributed by atoms with Crippen molar-refractivity contribution in [1.82, 2.24) is 0 Å². The molecule has 206 valence electrons. The molecule has 0 amide bonds. The van der Waals surface area contributed by atoms with Crippen LogP contribution in [0.1, 0.15) is 71.6 Å². The van der Waals surface area contributed by atoms with Crippen molar-refractivity contribution in [2.24, 2.45) is 0 Å². The smallest absolute Gasteiger partial charge is 0.305 e. The number of carbonyl (C=O) groups excluding carboxylic acids is 2. The number of aliphatic hydroxyl groups excluding tert-OH is 3. The number of rotatable bonds is 17. The van der Waals surface area contributed by atoms with Gasteiger partial charge >= 0.3 is 11.9 Å². The first-order chi connectivity index (χ1) is 16.4. The lowest BCUT2D eigenvalue weighted by atomic mass is 10.00. The molecule has 1 rings (SSSR count). The second-order valence-corrected chi connectivity index (χ2v) is 10.2. The van der Waals surface area contributed by atoms with Crippen LogP contribution in [-0.2, 0) is 38.7 Å². The summed E-state index contributed by atoms with van der Waals surface area (Å²) in [4.78, 5) is 23.4.